The maximum absolute atomic E-state index is 11.2. The Labute approximate surface area is 78.9 Å². The summed E-state index contributed by atoms with van der Waals surface area (Å²) in [7, 11) is 0. The van der Waals surface area contributed by atoms with Gasteiger partial charge in [0.15, 0.2) is 0 Å². The number of nitrogens with zero attached hydrogens (tertiary/aromatic N) is 2. The van der Waals surface area contributed by atoms with Gasteiger partial charge in [-0.3, -0.25) is 10.1 Å². The molecule has 1 aromatic rings. The lowest BCUT2D eigenvalue weighted by Gasteiger charge is -1.99. The van der Waals surface area contributed by atoms with E-state index in [0.717, 1.165) is 6.08 Å². The number of aromatic amines is 1. The number of aromatic nitrogens is 3. The smallest absolute Gasteiger partial charge is 0.328 e. The molecule has 0 aromatic carbocycles. The minimum Gasteiger partial charge on any atom is -0.478 e. The molecule has 0 atom stereocenters. The molecule has 0 aliphatic carbocycles. The molecule has 0 radical (unpaired) electrons. The van der Waals surface area contributed by atoms with Gasteiger partial charge in [-0.1, -0.05) is 0 Å². The van der Waals surface area contributed by atoms with Crippen molar-refractivity contribution in [3.63, 3.8) is 0 Å². The first kappa shape index (κ1) is 9.90. The number of carbonyl (C=O) groups is 2. The average Bonchev–Trinajstić information content (AvgIpc) is 2.55. The Bertz CT molecular complexity index is 368. The molecule has 0 aliphatic rings. The lowest BCUT2D eigenvalue weighted by atomic mass is 10.2. The van der Waals surface area contributed by atoms with Crippen LogP contribution in [-0.2, 0) is 9.59 Å². The average molecular weight is 196 g/mol. The highest BCUT2D eigenvalue weighted by Gasteiger charge is 2.07. The standard InChI is InChI=1S/C7H8N4O3/c1-4(2-5(12)13)6(14)10-7-8-3-9-11-7/h2-3H,1H3,(H,12,13)(H2,8,9,10,11,14)/b4-2+. The number of H-pyrrole nitrogens is 1. The molecular weight excluding hydrogens is 188 g/mol. The van der Waals surface area contributed by atoms with Crippen LogP contribution in [-0.4, -0.2) is 32.2 Å². The molecule has 7 heteroatoms. The summed E-state index contributed by atoms with van der Waals surface area (Å²) in [5, 5.41) is 16.6. The van der Waals surface area contributed by atoms with E-state index >= 15 is 0 Å². The van der Waals surface area contributed by atoms with Gasteiger partial charge in [0.2, 0.25) is 5.95 Å². The third-order valence-corrected chi connectivity index (χ3v) is 1.35. The first-order valence-electron chi connectivity index (χ1n) is 3.67. The third kappa shape index (κ3) is 2.70. The number of amides is 1. The number of carboxylic acids is 1. The van der Waals surface area contributed by atoms with Gasteiger partial charge in [-0.05, 0) is 6.92 Å². The molecule has 14 heavy (non-hydrogen) atoms. The predicted molar refractivity (Wildman–Crippen MR) is 46.4 cm³/mol. The maximum atomic E-state index is 11.2. The Morgan fingerprint density at radius 3 is 2.86 bits per heavy atom. The van der Waals surface area contributed by atoms with Gasteiger partial charge >= 0.3 is 5.97 Å². The zero-order valence-corrected chi connectivity index (χ0v) is 7.31. The molecule has 1 aromatic heterocycles. The van der Waals surface area contributed by atoms with Crippen molar-refractivity contribution in [2.75, 3.05) is 5.32 Å². The van der Waals surface area contributed by atoms with Crippen LogP contribution in [0.4, 0.5) is 5.95 Å². The van der Waals surface area contributed by atoms with Gasteiger partial charge in [0, 0.05) is 11.6 Å². The van der Waals surface area contributed by atoms with Gasteiger partial charge < -0.3 is 5.11 Å². The minimum atomic E-state index is -1.17. The Morgan fingerprint density at radius 1 is 1.64 bits per heavy atom. The van der Waals surface area contributed by atoms with Crippen LogP contribution in [0.2, 0.25) is 0 Å². The van der Waals surface area contributed by atoms with E-state index in [1.54, 1.807) is 0 Å². The molecule has 3 N–H and O–H groups in total. The van der Waals surface area contributed by atoms with Crippen molar-refractivity contribution in [1.29, 1.82) is 0 Å². The van der Waals surface area contributed by atoms with Crippen LogP contribution in [0.5, 0.6) is 0 Å². The van der Waals surface area contributed by atoms with E-state index in [1.165, 1.54) is 13.3 Å². The van der Waals surface area contributed by atoms with E-state index in [-0.39, 0.29) is 11.5 Å². The molecule has 0 aliphatic heterocycles. The Balaban J connectivity index is 2.63. The molecule has 0 bridgehead atoms. The van der Waals surface area contributed by atoms with Crippen LogP contribution in [0.3, 0.4) is 0 Å². The predicted octanol–water partition coefficient (Wildman–Crippen LogP) is -0.226. The summed E-state index contributed by atoms with van der Waals surface area (Å²) in [4.78, 5) is 25.1. The summed E-state index contributed by atoms with van der Waals surface area (Å²) in [5.74, 6) is -1.53. The van der Waals surface area contributed by atoms with Crippen molar-refractivity contribution >= 4 is 17.8 Å². The van der Waals surface area contributed by atoms with Gasteiger partial charge in [0.1, 0.15) is 6.33 Å². The molecule has 0 saturated heterocycles. The lowest BCUT2D eigenvalue weighted by Crippen LogP contribution is -2.14. The molecule has 7 nitrogen and oxygen atoms in total. The van der Waals surface area contributed by atoms with Crippen molar-refractivity contribution in [2.24, 2.45) is 0 Å². The van der Waals surface area contributed by atoms with Crippen LogP contribution in [0.1, 0.15) is 6.92 Å². The van der Waals surface area contributed by atoms with Crippen molar-refractivity contribution in [3.8, 4) is 0 Å². The molecule has 0 spiro atoms. The number of carbonyl (C=O) groups excluding carboxylic acids is 1. The fourth-order valence-corrected chi connectivity index (χ4v) is 0.723. The first-order chi connectivity index (χ1) is 6.59. The summed E-state index contributed by atoms with van der Waals surface area (Å²) in [6.45, 7) is 1.39. The second-order valence-corrected chi connectivity index (χ2v) is 2.45. The topological polar surface area (TPSA) is 108 Å². The largest absolute Gasteiger partial charge is 0.478 e. The number of anilines is 1. The van der Waals surface area contributed by atoms with Crippen LogP contribution < -0.4 is 5.32 Å². The Hall–Kier alpha value is -2.18. The first-order valence-corrected chi connectivity index (χ1v) is 3.67. The SMILES string of the molecule is C/C(=C\C(=O)O)C(=O)Nc1ncn[nH]1. The van der Waals surface area contributed by atoms with Gasteiger partial charge in [-0.15, -0.1) is 0 Å². The van der Waals surface area contributed by atoms with Gasteiger partial charge in [0.25, 0.3) is 5.91 Å². The van der Waals surface area contributed by atoms with Gasteiger partial charge in [-0.25, -0.2) is 9.89 Å². The van der Waals surface area contributed by atoms with Gasteiger partial charge in [-0.2, -0.15) is 10.1 Å². The number of hydrogen-bond donors (Lipinski definition) is 3. The molecule has 0 saturated carbocycles. The van der Waals surface area contributed by atoms with Crippen LogP contribution >= 0.6 is 0 Å². The van der Waals surface area contributed by atoms with Crippen molar-refractivity contribution in [3.05, 3.63) is 18.0 Å². The molecule has 1 amide bonds. The summed E-state index contributed by atoms with van der Waals surface area (Å²) in [5.41, 5.74) is 0.0777. The van der Waals surface area contributed by atoms with Crippen molar-refractivity contribution in [1.82, 2.24) is 15.2 Å². The highest BCUT2D eigenvalue weighted by molar-refractivity contribution is 6.05. The molecule has 1 heterocycles. The number of carboxylic acid groups (broad SMARTS) is 1. The number of aliphatic carboxylic acids is 1. The summed E-state index contributed by atoms with van der Waals surface area (Å²) in [6.07, 6.45) is 2.04. The van der Waals surface area contributed by atoms with E-state index in [4.69, 9.17) is 5.11 Å². The number of rotatable bonds is 3. The van der Waals surface area contributed by atoms with Crippen LogP contribution in [0.15, 0.2) is 18.0 Å². The molecule has 0 fully saturated rings. The van der Waals surface area contributed by atoms with E-state index in [9.17, 15) is 9.59 Å². The highest BCUT2D eigenvalue weighted by atomic mass is 16.4. The van der Waals surface area contributed by atoms with E-state index in [2.05, 4.69) is 20.5 Å². The maximum Gasteiger partial charge on any atom is 0.328 e. The highest BCUT2D eigenvalue weighted by Crippen LogP contribution is 1.98. The summed E-state index contributed by atoms with van der Waals surface area (Å²) < 4.78 is 0. The zero-order chi connectivity index (χ0) is 10.6. The molecular formula is C7H8N4O3. The van der Waals surface area contributed by atoms with Crippen molar-refractivity contribution < 1.29 is 14.7 Å². The fourth-order valence-electron chi connectivity index (χ4n) is 0.723. The molecule has 0 unspecified atom stereocenters. The van der Waals surface area contributed by atoms with E-state index in [0.29, 0.717) is 0 Å². The molecule has 1 rings (SSSR count). The van der Waals surface area contributed by atoms with Gasteiger partial charge in [0.05, 0.1) is 0 Å². The quantitative estimate of drug-likeness (QED) is 0.579. The second-order valence-electron chi connectivity index (χ2n) is 2.45. The zero-order valence-electron chi connectivity index (χ0n) is 7.31. The Morgan fingerprint density at radius 2 is 2.36 bits per heavy atom. The lowest BCUT2D eigenvalue weighted by molar-refractivity contribution is -0.131. The second kappa shape index (κ2) is 4.17. The third-order valence-electron chi connectivity index (χ3n) is 1.35. The monoisotopic (exact) mass is 196 g/mol. The summed E-state index contributed by atoms with van der Waals surface area (Å²) in [6, 6.07) is 0. The number of nitrogens with one attached hydrogen (secondary N) is 2. The Kier molecular flexibility index (Phi) is 2.95. The fraction of sp³-hybridized carbons (Fsp3) is 0.143. The minimum absolute atomic E-state index is 0.0777. The van der Waals surface area contributed by atoms with E-state index < -0.39 is 11.9 Å². The van der Waals surface area contributed by atoms with Crippen LogP contribution in [0, 0.1) is 0 Å². The molecule has 74 valence electrons. The van der Waals surface area contributed by atoms with Crippen LogP contribution in [0.25, 0.3) is 0 Å². The van der Waals surface area contributed by atoms with E-state index in [1.807, 2.05) is 0 Å². The summed E-state index contributed by atoms with van der Waals surface area (Å²) >= 11 is 0. The number of hydrogen-bond acceptors (Lipinski definition) is 4. The normalized spacial score (nSPS) is 11.1. The van der Waals surface area contributed by atoms with Crippen molar-refractivity contribution in [2.45, 2.75) is 6.92 Å².